The summed E-state index contributed by atoms with van der Waals surface area (Å²) < 4.78 is 6.34. The number of amides is 1. The molecule has 2 aromatic carbocycles. The molecule has 0 aliphatic carbocycles. The molecule has 4 rings (SSSR count). The van der Waals surface area contributed by atoms with Crippen LogP contribution >= 0.6 is 35.2 Å². The Labute approximate surface area is 195 Å². The van der Waals surface area contributed by atoms with Crippen molar-refractivity contribution in [2.45, 2.75) is 0 Å². The maximum Gasteiger partial charge on any atom is 0.270 e. The van der Waals surface area contributed by atoms with Crippen LogP contribution in [0.15, 0.2) is 65.1 Å². The summed E-state index contributed by atoms with van der Waals surface area (Å²) in [6.07, 6.45) is 2.81. The smallest absolute Gasteiger partial charge is 0.270 e. The van der Waals surface area contributed by atoms with Crippen LogP contribution in [-0.4, -0.2) is 20.9 Å². The van der Waals surface area contributed by atoms with Gasteiger partial charge >= 0.3 is 0 Å². The number of benzene rings is 2. The number of thiazole rings is 1. The van der Waals surface area contributed by atoms with Crippen molar-refractivity contribution in [1.82, 2.24) is 10.3 Å². The number of nitrogens with zero attached hydrogens (tertiary/aromatic N) is 2. The summed E-state index contributed by atoms with van der Waals surface area (Å²) in [7, 11) is 0. The average Bonchev–Trinajstić information content (AvgIpc) is 3.38. The lowest BCUT2D eigenvalue weighted by Gasteiger charge is -2.04. The SMILES string of the molecule is O=C(/C=C/c1ccc(-c2ccc(Cl)cc2)o1)NC(=S)Nc1nc2ccc([N+](=O)[O-])cc2s1. The summed E-state index contributed by atoms with van der Waals surface area (Å²) >= 11 is 12.2. The Morgan fingerprint density at radius 1 is 1.19 bits per heavy atom. The molecule has 32 heavy (non-hydrogen) atoms. The quantitative estimate of drug-likeness (QED) is 0.163. The van der Waals surface area contributed by atoms with Gasteiger partial charge < -0.3 is 9.73 Å². The standard InChI is InChI=1S/C21H13ClN4O4S2/c22-13-3-1-12(2-4-13)17-9-6-15(30-17)7-10-19(27)24-20(31)25-21-23-16-8-5-14(26(28)29)11-18(16)32-21/h1-11H,(H2,23,24,25,27,31)/b10-7+. The average molecular weight is 485 g/mol. The number of anilines is 1. The highest BCUT2D eigenvalue weighted by Gasteiger charge is 2.11. The third-order valence-electron chi connectivity index (χ3n) is 4.19. The zero-order chi connectivity index (χ0) is 22.7. The maximum absolute atomic E-state index is 12.1. The van der Waals surface area contributed by atoms with Gasteiger partial charge in [-0.15, -0.1) is 0 Å². The molecule has 4 aromatic rings. The minimum Gasteiger partial charge on any atom is -0.457 e. The van der Waals surface area contributed by atoms with Gasteiger partial charge in [-0.25, -0.2) is 4.98 Å². The summed E-state index contributed by atoms with van der Waals surface area (Å²) in [5.41, 5.74) is 1.43. The molecule has 1 amide bonds. The van der Waals surface area contributed by atoms with Crippen molar-refractivity contribution in [2.24, 2.45) is 0 Å². The van der Waals surface area contributed by atoms with Gasteiger partial charge in [0.05, 0.1) is 15.1 Å². The van der Waals surface area contributed by atoms with Gasteiger partial charge in [-0.2, -0.15) is 0 Å². The van der Waals surface area contributed by atoms with Gasteiger partial charge in [0.2, 0.25) is 5.91 Å². The summed E-state index contributed by atoms with van der Waals surface area (Å²) in [5, 5.41) is 17.3. The highest BCUT2D eigenvalue weighted by atomic mass is 35.5. The van der Waals surface area contributed by atoms with Gasteiger partial charge in [0.15, 0.2) is 10.2 Å². The first-order valence-electron chi connectivity index (χ1n) is 9.08. The largest absolute Gasteiger partial charge is 0.457 e. The fraction of sp³-hybridized carbons (Fsp3) is 0. The number of fused-ring (bicyclic) bond motifs is 1. The Hall–Kier alpha value is -3.60. The van der Waals surface area contributed by atoms with E-state index in [1.54, 1.807) is 30.3 Å². The molecule has 8 nitrogen and oxygen atoms in total. The molecule has 0 fully saturated rings. The number of carbonyl (C=O) groups excluding carboxylic acids is 1. The van der Waals surface area contributed by atoms with Crippen LogP contribution in [0.3, 0.4) is 0 Å². The predicted molar refractivity (Wildman–Crippen MR) is 129 cm³/mol. The number of furan rings is 1. The number of aromatic nitrogens is 1. The molecule has 11 heteroatoms. The fourth-order valence-corrected chi connectivity index (χ4v) is 4.02. The second-order valence-corrected chi connectivity index (χ2v) is 8.29. The van der Waals surface area contributed by atoms with Crippen LogP contribution in [0.1, 0.15) is 5.76 Å². The summed E-state index contributed by atoms with van der Waals surface area (Å²) in [5.74, 6) is 0.690. The topological polar surface area (TPSA) is 110 Å². The Kier molecular flexibility index (Phi) is 6.26. The van der Waals surface area contributed by atoms with Gasteiger partial charge in [0.25, 0.3) is 5.69 Å². The van der Waals surface area contributed by atoms with E-state index in [1.165, 1.54) is 35.6 Å². The molecule has 0 unspecified atom stereocenters. The van der Waals surface area contributed by atoms with Gasteiger partial charge in [0.1, 0.15) is 11.5 Å². The zero-order valence-corrected chi connectivity index (χ0v) is 18.5. The lowest BCUT2D eigenvalue weighted by Crippen LogP contribution is -2.32. The molecule has 0 aliphatic heterocycles. The monoisotopic (exact) mass is 484 g/mol. The lowest BCUT2D eigenvalue weighted by atomic mass is 10.2. The molecule has 0 radical (unpaired) electrons. The van der Waals surface area contributed by atoms with Crippen molar-refractivity contribution < 1.29 is 14.1 Å². The molecule has 0 aliphatic rings. The van der Waals surface area contributed by atoms with Crippen molar-refractivity contribution in [3.8, 4) is 11.3 Å². The summed E-state index contributed by atoms with van der Waals surface area (Å²) in [4.78, 5) is 26.9. The second-order valence-electron chi connectivity index (χ2n) is 6.41. The highest BCUT2D eigenvalue weighted by molar-refractivity contribution is 7.80. The van der Waals surface area contributed by atoms with Crippen molar-refractivity contribution in [2.75, 3.05) is 5.32 Å². The molecular weight excluding hydrogens is 472 g/mol. The van der Waals surface area contributed by atoms with Crippen molar-refractivity contribution in [3.63, 3.8) is 0 Å². The van der Waals surface area contributed by atoms with Crippen LogP contribution in [0.2, 0.25) is 5.02 Å². The Bertz CT molecular complexity index is 1360. The molecule has 2 heterocycles. The number of nitro groups is 1. The molecule has 0 saturated heterocycles. The van der Waals surface area contributed by atoms with Crippen molar-refractivity contribution >= 4 is 73.3 Å². The first-order valence-corrected chi connectivity index (χ1v) is 10.7. The van der Waals surface area contributed by atoms with Gasteiger partial charge in [-0.1, -0.05) is 22.9 Å². The number of halogens is 1. The molecule has 0 bridgehead atoms. The van der Waals surface area contributed by atoms with Gasteiger partial charge in [-0.3, -0.25) is 20.2 Å². The molecule has 2 aromatic heterocycles. The van der Waals surface area contributed by atoms with Gasteiger partial charge in [0, 0.05) is 28.8 Å². The van der Waals surface area contributed by atoms with E-state index in [1.807, 2.05) is 12.1 Å². The Morgan fingerprint density at radius 2 is 1.97 bits per heavy atom. The van der Waals surface area contributed by atoms with Crippen LogP contribution in [0, 0.1) is 10.1 Å². The number of hydrogen-bond acceptors (Lipinski definition) is 7. The molecular formula is C21H13ClN4O4S2. The summed E-state index contributed by atoms with van der Waals surface area (Å²) in [6.45, 7) is 0. The van der Waals surface area contributed by atoms with Crippen molar-refractivity contribution in [1.29, 1.82) is 0 Å². The third-order valence-corrected chi connectivity index (χ3v) is 5.58. The van der Waals surface area contributed by atoms with E-state index in [-0.39, 0.29) is 10.8 Å². The first-order chi connectivity index (χ1) is 15.4. The number of non-ortho nitro benzene ring substituents is 1. The zero-order valence-electron chi connectivity index (χ0n) is 16.1. The third kappa shape index (κ3) is 5.17. The van der Waals surface area contributed by atoms with E-state index in [0.29, 0.717) is 31.9 Å². The normalized spacial score (nSPS) is 11.0. The first kappa shape index (κ1) is 21.6. The van der Waals surface area contributed by atoms with E-state index < -0.39 is 10.8 Å². The molecule has 0 spiro atoms. The van der Waals surface area contributed by atoms with Crippen molar-refractivity contribution in [3.05, 3.63) is 81.6 Å². The van der Waals surface area contributed by atoms with E-state index in [2.05, 4.69) is 15.6 Å². The minimum atomic E-state index is -0.471. The minimum absolute atomic E-state index is 0.0223. The van der Waals surface area contributed by atoms with E-state index in [0.717, 1.165) is 5.56 Å². The van der Waals surface area contributed by atoms with Crippen LogP contribution in [0.5, 0.6) is 0 Å². The van der Waals surface area contributed by atoms with E-state index >= 15 is 0 Å². The van der Waals surface area contributed by atoms with Crippen LogP contribution < -0.4 is 10.6 Å². The fourth-order valence-electron chi connectivity index (χ4n) is 2.73. The number of nitrogens with one attached hydrogen (secondary N) is 2. The van der Waals surface area contributed by atoms with Gasteiger partial charge in [-0.05, 0) is 60.8 Å². The molecule has 0 saturated carbocycles. The summed E-state index contributed by atoms with van der Waals surface area (Å²) in [6, 6.07) is 15.1. The predicted octanol–water partition coefficient (Wildman–Crippen LogP) is 5.64. The van der Waals surface area contributed by atoms with Crippen LogP contribution in [0.4, 0.5) is 10.8 Å². The lowest BCUT2D eigenvalue weighted by molar-refractivity contribution is -0.384. The number of carbonyl (C=O) groups is 1. The highest BCUT2D eigenvalue weighted by Crippen LogP contribution is 2.29. The van der Waals surface area contributed by atoms with Crippen LogP contribution in [-0.2, 0) is 4.79 Å². The Morgan fingerprint density at radius 3 is 2.72 bits per heavy atom. The molecule has 160 valence electrons. The Balaban J connectivity index is 1.35. The number of rotatable bonds is 5. The molecule has 0 atom stereocenters. The van der Waals surface area contributed by atoms with Crippen LogP contribution in [0.25, 0.3) is 27.6 Å². The van der Waals surface area contributed by atoms with E-state index in [9.17, 15) is 14.9 Å². The second kappa shape index (κ2) is 9.27. The van der Waals surface area contributed by atoms with E-state index in [4.69, 9.17) is 28.2 Å². The molecule has 2 N–H and O–H groups in total. The maximum atomic E-state index is 12.1. The number of nitro benzene ring substituents is 1. The number of hydrogen-bond donors (Lipinski definition) is 2. The number of thiocarbonyl (C=S) groups is 1.